The summed E-state index contributed by atoms with van der Waals surface area (Å²) in [5, 5.41) is 6.14. The van der Waals surface area contributed by atoms with Crippen LogP contribution in [0, 0.1) is 5.92 Å². The molecule has 0 bridgehead atoms. The van der Waals surface area contributed by atoms with E-state index in [9.17, 15) is 9.59 Å². The Bertz CT molecular complexity index is 678. The van der Waals surface area contributed by atoms with Crippen LogP contribution in [-0.2, 0) is 4.79 Å². The van der Waals surface area contributed by atoms with Crippen molar-refractivity contribution in [3.63, 3.8) is 0 Å². The number of thiocarbonyl (C=S) groups is 1. The van der Waals surface area contributed by atoms with E-state index in [4.69, 9.17) is 12.2 Å². The number of nitrogens with zero attached hydrogens (tertiary/aromatic N) is 1. The Kier molecular flexibility index (Phi) is 7.21. The highest BCUT2D eigenvalue weighted by Crippen LogP contribution is 2.24. The first kappa shape index (κ1) is 19.8. The van der Waals surface area contributed by atoms with Crippen LogP contribution in [0.25, 0.3) is 0 Å². The van der Waals surface area contributed by atoms with Crippen LogP contribution < -0.4 is 10.6 Å². The number of carbonyl (C=O) groups is 2. The molecule has 0 atom stereocenters. The molecule has 6 heteroatoms. The Morgan fingerprint density at radius 1 is 0.926 bits per heavy atom. The van der Waals surface area contributed by atoms with Crippen LogP contribution in [0.1, 0.15) is 68.1 Å². The van der Waals surface area contributed by atoms with Gasteiger partial charge >= 0.3 is 0 Å². The lowest BCUT2D eigenvalue weighted by molar-refractivity contribution is -0.124. The molecule has 2 aliphatic rings. The van der Waals surface area contributed by atoms with Crippen molar-refractivity contribution in [1.82, 2.24) is 10.2 Å². The summed E-state index contributed by atoms with van der Waals surface area (Å²) in [6.07, 6.45) is 9.74. The van der Waals surface area contributed by atoms with Gasteiger partial charge in [-0.15, -0.1) is 0 Å². The maximum Gasteiger partial charge on any atom is 0.255 e. The van der Waals surface area contributed by atoms with E-state index >= 15 is 0 Å². The van der Waals surface area contributed by atoms with Crippen LogP contribution in [0.5, 0.6) is 0 Å². The lowest BCUT2D eigenvalue weighted by Gasteiger charge is -2.23. The number of nitrogens with one attached hydrogen (secondary N) is 2. The van der Waals surface area contributed by atoms with Gasteiger partial charge in [0.2, 0.25) is 5.91 Å². The smallest absolute Gasteiger partial charge is 0.255 e. The molecule has 146 valence electrons. The summed E-state index contributed by atoms with van der Waals surface area (Å²) in [6.45, 7) is 1.60. The number of hydrogen-bond donors (Lipinski definition) is 2. The van der Waals surface area contributed by atoms with Gasteiger partial charge in [0.15, 0.2) is 5.11 Å². The van der Waals surface area contributed by atoms with E-state index in [2.05, 4.69) is 10.6 Å². The Morgan fingerprint density at radius 2 is 1.56 bits per heavy atom. The van der Waals surface area contributed by atoms with E-state index < -0.39 is 0 Å². The summed E-state index contributed by atoms with van der Waals surface area (Å²) in [7, 11) is 0. The van der Waals surface area contributed by atoms with Gasteiger partial charge in [-0.2, -0.15) is 0 Å². The zero-order valence-electron chi connectivity index (χ0n) is 15.8. The Labute approximate surface area is 166 Å². The Balaban J connectivity index is 1.63. The molecular formula is C21H29N3O2S. The molecule has 0 radical (unpaired) electrons. The van der Waals surface area contributed by atoms with Crippen LogP contribution in [0.4, 0.5) is 5.69 Å². The molecule has 27 heavy (non-hydrogen) atoms. The second-order valence-corrected chi connectivity index (χ2v) is 7.94. The minimum absolute atomic E-state index is 0.0106. The summed E-state index contributed by atoms with van der Waals surface area (Å²) in [4.78, 5) is 27.3. The summed E-state index contributed by atoms with van der Waals surface area (Å²) >= 11 is 5.34. The quantitative estimate of drug-likeness (QED) is 0.767. The topological polar surface area (TPSA) is 61.4 Å². The fourth-order valence-corrected chi connectivity index (χ4v) is 4.17. The minimum Gasteiger partial charge on any atom is -0.339 e. The van der Waals surface area contributed by atoms with Crippen LogP contribution in [-0.4, -0.2) is 34.9 Å². The van der Waals surface area contributed by atoms with Gasteiger partial charge in [0, 0.05) is 19.0 Å². The highest BCUT2D eigenvalue weighted by molar-refractivity contribution is 7.80. The predicted octanol–water partition coefficient (Wildman–Crippen LogP) is 4.10. The lowest BCUT2D eigenvalue weighted by Crippen LogP contribution is -2.39. The van der Waals surface area contributed by atoms with E-state index in [0.717, 1.165) is 51.6 Å². The predicted molar refractivity (Wildman–Crippen MR) is 112 cm³/mol. The van der Waals surface area contributed by atoms with Gasteiger partial charge in [0.05, 0.1) is 11.3 Å². The standard InChI is InChI=1S/C21H29N3O2S/c25-19(16-10-4-3-5-11-16)23-21(27)22-18-13-7-6-12-17(18)20(26)24-14-8-1-2-9-15-24/h6-7,12-13,16H,1-5,8-11,14-15H2,(H2,22,23,25,27). The van der Waals surface area contributed by atoms with Crippen molar-refractivity contribution >= 4 is 34.8 Å². The molecule has 2 amide bonds. The SMILES string of the molecule is O=C(NC(=S)Nc1ccccc1C(=O)N1CCCCCC1)C1CCCCC1. The number of carbonyl (C=O) groups excluding carboxylic acids is 2. The maximum atomic E-state index is 13.0. The largest absolute Gasteiger partial charge is 0.339 e. The third-order valence-corrected chi connectivity index (χ3v) is 5.72. The second-order valence-electron chi connectivity index (χ2n) is 7.53. The lowest BCUT2D eigenvalue weighted by atomic mass is 9.89. The molecule has 1 aromatic carbocycles. The zero-order valence-corrected chi connectivity index (χ0v) is 16.7. The third kappa shape index (κ3) is 5.51. The summed E-state index contributed by atoms with van der Waals surface area (Å²) in [6, 6.07) is 7.39. The van der Waals surface area contributed by atoms with Gasteiger partial charge in [-0.05, 0) is 50.0 Å². The number of rotatable bonds is 3. The van der Waals surface area contributed by atoms with Crippen molar-refractivity contribution < 1.29 is 9.59 Å². The molecule has 1 saturated carbocycles. The van der Waals surface area contributed by atoms with Gasteiger partial charge in [-0.25, -0.2) is 0 Å². The van der Waals surface area contributed by atoms with Crippen molar-refractivity contribution in [1.29, 1.82) is 0 Å². The normalized spacial score (nSPS) is 18.4. The molecule has 0 unspecified atom stereocenters. The molecule has 2 fully saturated rings. The molecule has 1 saturated heterocycles. The zero-order chi connectivity index (χ0) is 19.1. The summed E-state index contributed by atoms with van der Waals surface area (Å²) in [5.74, 6) is 0.0670. The van der Waals surface area contributed by atoms with E-state index in [-0.39, 0.29) is 22.8 Å². The number of anilines is 1. The third-order valence-electron chi connectivity index (χ3n) is 5.51. The molecule has 2 N–H and O–H groups in total. The Morgan fingerprint density at radius 3 is 2.26 bits per heavy atom. The number of para-hydroxylation sites is 1. The fraction of sp³-hybridized carbons (Fsp3) is 0.571. The maximum absolute atomic E-state index is 13.0. The van der Waals surface area contributed by atoms with Crippen molar-refractivity contribution in [3.8, 4) is 0 Å². The molecule has 0 spiro atoms. The van der Waals surface area contributed by atoms with Crippen molar-refractivity contribution in [2.75, 3.05) is 18.4 Å². The van der Waals surface area contributed by atoms with Gasteiger partial charge in [0.1, 0.15) is 0 Å². The summed E-state index contributed by atoms with van der Waals surface area (Å²) < 4.78 is 0. The average molecular weight is 388 g/mol. The average Bonchev–Trinajstić information content (AvgIpc) is 2.98. The van der Waals surface area contributed by atoms with Crippen LogP contribution in [0.2, 0.25) is 0 Å². The number of hydrogen-bond acceptors (Lipinski definition) is 3. The number of benzene rings is 1. The Hall–Kier alpha value is -1.95. The molecule has 1 aromatic rings. The van der Waals surface area contributed by atoms with Crippen LogP contribution >= 0.6 is 12.2 Å². The van der Waals surface area contributed by atoms with Crippen molar-refractivity contribution in [2.45, 2.75) is 57.8 Å². The fourth-order valence-electron chi connectivity index (χ4n) is 3.96. The molecule has 5 nitrogen and oxygen atoms in total. The monoisotopic (exact) mass is 387 g/mol. The van der Waals surface area contributed by atoms with E-state index in [1.54, 1.807) is 0 Å². The first-order chi connectivity index (χ1) is 13.1. The first-order valence-corrected chi connectivity index (χ1v) is 10.6. The highest BCUT2D eigenvalue weighted by atomic mass is 32.1. The molecule has 1 aliphatic heterocycles. The number of amides is 2. The second kappa shape index (κ2) is 9.83. The van der Waals surface area contributed by atoms with E-state index in [0.29, 0.717) is 11.3 Å². The van der Waals surface area contributed by atoms with E-state index in [1.165, 1.54) is 19.3 Å². The van der Waals surface area contributed by atoms with Gasteiger partial charge < -0.3 is 15.5 Å². The van der Waals surface area contributed by atoms with Crippen molar-refractivity contribution in [2.24, 2.45) is 5.92 Å². The molecular weight excluding hydrogens is 358 g/mol. The van der Waals surface area contributed by atoms with Gasteiger partial charge in [0.25, 0.3) is 5.91 Å². The van der Waals surface area contributed by atoms with Gasteiger partial charge in [-0.1, -0.05) is 44.2 Å². The molecule has 1 heterocycles. The molecule has 3 rings (SSSR count). The van der Waals surface area contributed by atoms with Crippen LogP contribution in [0.15, 0.2) is 24.3 Å². The van der Waals surface area contributed by atoms with Crippen LogP contribution in [0.3, 0.4) is 0 Å². The first-order valence-electron chi connectivity index (χ1n) is 10.2. The number of likely N-dealkylation sites (tertiary alicyclic amines) is 1. The molecule has 0 aromatic heterocycles. The summed E-state index contributed by atoms with van der Waals surface area (Å²) in [5.41, 5.74) is 1.26. The van der Waals surface area contributed by atoms with E-state index in [1.807, 2.05) is 29.2 Å². The van der Waals surface area contributed by atoms with Gasteiger partial charge in [-0.3, -0.25) is 9.59 Å². The van der Waals surface area contributed by atoms with Crippen molar-refractivity contribution in [3.05, 3.63) is 29.8 Å². The minimum atomic E-state index is -0.0106. The molecule has 1 aliphatic carbocycles. The highest BCUT2D eigenvalue weighted by Gasteiger charge is 2.23.